The van der Waals surface area contributed by atoms with Gasteiger partial charge in [-0.25, -0.2) is 0 Å². The monoisotopic (exact) mass is 516 g/mol. The molecule has 0 aromatic heterocycles. The molecule has 10 heteroatoms. The molecule has 2 atom stereocenters. The Hall–Kier alpha value is -0.250. The van der Waals surface area contributed by atoms with E-state index in [9.17, 15) is 14.4 Å². The van der Waals surface area contributed by atoms with Crippen LogP contribution in [0.15, 0.2) is 0 Å². The van der Waals surface area contributed by atoms with Gasteiger partial charge in [-0.1, -0.05) is 20.8 Å². The summed E-state index contributed by atoms with van der Waals surface area (Å²) in [5, 5.41) is 0.512. The average Bonchev–Trinajstić information content (AvgIpc) is 2.74. The number of rotatable bonds is 18. The average molecular weight is 517 g/mol. The number of thioether (sulfide) groups is 1. The van der Waals surface area contributed by atoms with Crippen LogP contribution in [-0.2, 0) is 28.6 Å². The van der Waals surface area contributed by atoms with Gasteiger partial charge in [-0.15, -0.1) is 11.6 Å². The highest BCUT2D eigenvalue weighted by atomic mass is 35.5. The molecule has 0 heterocycles. The van der Waals surface area contributed by atoms with E-state index in [0.717, 1.165) is 12.8 Å². The highest BCUT2D eigenvalue weighted by molar-refractivity contribution is 7.99. The van der Waals surface area contributed by atoms with Crippen LogP contribution < -0.4 is 0 Å². The zero-order valence-corrected chi connectivity index (χ0v) is 22.1. The van der Waals surface area contributed by atoms with Gasteiger partial charge in [-0.05, 0) is 19.3 Å². The summed E-state index contributed by atoms with van der Waals surface area (Å²) in [4.78, 5) is 35.8. The molecule has 0 N–H and O–H groups in total. The van der Waals surface area contributed by atoms with Crippen molar-refractivity contribution in [2.75, 3.05) is 37.1 Å². The van der Waals surface area contributed by atoms with Crippen molar-refractivity contribution in [3.8, 4) is 0 Å². The molecule has 0 aromatic carbocycles. The number of hydrogen-bond donors (Lipinski definition) is 2. The van der Waals surface area contributed by atoms with E-state index in [4.69, 9.17) is 25.8 Å². The van der Waals surface area contributed by atoms with Crippen LogP contribution in [0.5, 0.6) is 0 Å². The molecule has 0 saturated heterocycles. The zero-order chi connectivity index (χ0) is 23.7. The van der Waals surface area contributed by atoms with Crippen molar-refractivity contribution in [2.45, 2.75) is 69.9 Å². The Morgan fingerprint density at radius 3 is 1.74 bits per heavy atom. The van der Waals surface area contributed by atoms with E-state index in [1.54, 1.807) is 11.8 Å². The predicted molar refractivity (Wildman–Crippen MR) is 134 cm³/mol. The molecule has 182 valence electrons. The highest BCUT2D eigenvalue weighted by Crippen LogP contribution is 2.26. The van der Waals surface area contributed by atoms with Crippen LogP contribution in [0.4, 0.5) is 0 Å². The van der Waals surface area contributed by atoms with E-state index in [1.165, 1.54) is 0 Å². The molecule has 0 saturated carbocycles. The molecule has 0 rings (SSSR count). The Morgan fingerprint density at radius 1 is 0.903 bits per heavy atom. The summed E-state index contributed by atoms with van der Waals surface area (Å²) in [6, 6.07) is 0. The first-order chi connectivity index (χ1) is 14.7. The van der Waals surface area contributed by atoms with Gasteiger partial charge < -0.3 is 14.2 Å². The second kappa shape index (κ2) is 18.2. The molecule has 31 heavy (non-hydrogen) atoms. The number of hydrogen-bond acceptors (Lipinski definition) is 9. The lowest BCUT2D eigenvalue weighted by molar-refractivity contribution is -0.161. The van der Waals surface area contributed by atoms with Gasteiger partial charge >= 0.3 is 17.9 Å². The van der Waals surface area contributed by atoms with E-state index < -0.39 is 17.4 Å². The third-order valence-corrected chi connectivity index (χ3v) is 6.87. The number of thiol groups is 2. The fourth-order valence-electron chi connectivity index (χ4n) is 2.47. The van der Waals surface area contributed by atoms with Crippen molar-refractivity contribution in [3.63, 3.8) is 0 Å². The van der Waals surface area contributed by atoms with Gasteiger partial charge in [-0.2, -0.15) is 37.0 Å². The Labute approximate surface area is 207 Å². The number of carbonyl (C=O) groups excluding carboxylic acids is 3. The van der Waals surface area contributed by atoms with Crippen molar-refractivity contribution < 1.29 is 28.6 Å². The van der Waals surface area contributed by atoms with Crippen LogP contribution in [0.1, 0.15) is 59.3 Å². The van der Waals surface area contributed by atoms with Gasteiger partial charge in [0.1, 0.15) is 19.8 Å². The van der Waals surface area contributed by atoms with E-state index in [0.29, 0.717) is 28.9 Å². The zero-order valence-electron chi connectivity index (χ0n) is 18.8. The summed E-state index contributed by atoms with van der Waals surface area (Å²) >= 11 is 15.9. The maximum atomic E-state index is 12.2. The fourth-order valence-corrected chi connectivity index (χ4v) is 4.26. The first kappa shape index (κ1) is 30.8. The van der Waals surface area contributed by atoms with Gasteiger partial charge in [0.15, 0.2) is 0 Å². The third kappa shape index (κ3) is 15.3. The third-order valence-electron chi connectivity index (χ3n) is 4.74. The first-order valence-corrected chi connectivity index (χ1v) is 13.4. The van der Waals surface area contributed by atoms with E-state index in [-0.39, 0.29) is 50.4 Å². The quantitative estimate of drug-likeness (QED) is 0.119. The summed E-state index contributed by atoms with van der Waals surface area (Å²) in [6.07, 6.45) is 2.95. The van der Waals surface area contributed by atoms with E-state index in [2.05, 4.69) is 39.1 Å². The predicted octanol–water partition coefficient (Wildman–Crippen LogP) is 4.57. The first-order valence-electron chi connectivity index (χ1n) is 10.7. The lowest BCUT2D eigenvalue weighted by Gasteiger charge is -2.31. The molecule has 0 aliphatic heterocycles. The normalized spacial score (nSPS) is 13.4. The molecular weight excluding hydrogens is 480 g/mol. The molecule has 0 bridgehead atoms. The van der Waals surface area contributed by atoms with Crippen molar-refractivity contribution >= 4 is 66.5 Å². The number of halogens is 1. The highest BCUT2D eigenvalue weighted by Gasteiger charge is 2.34. The minimum absolute atomic E-state index is 0.00252. The second-order valence-corrected chi connectivity index (χ2v) is 10.5. The van der Waals surface area contributed by atoms with Gasteiger partial charge in [0.25, 0.3) is 0 Å². The lowest BCUT2D eigenvalue weighted by atomic mass is 9.88. The second-order valence-electron chi connectivity index (χ2n) is 7.46. The van der Waals surface area contributed by atoms with Crippen LogP contribution in [0.25, 0.3) is 0 Å². The van der Waals surface area contributed by atoms with Crippen molar-refractivity contribution in [1.82, 2.24) is 0 Å². The van der Waals surface area contributed by atoms with Crippen LogP contribution in [-0.4, -0.2) is 65.6 Å². The molecule has 0 aliphatic rings. The molecular formula is C21H37ClO6S3. The maximum Gasteiger partial charge on any atom is 0.306 e. The summed E-state index contributed by atoms with van der Waals surface area (Å²) in [5.74, 6) is 0.275. The van der Waals surface area contributed by atoms with Gasteiger partial charge in [0.05, 0.1) is 24.7 Å². The number of carbonyl (C=O) groups is 3. The lowest BCUT2D eigenvalue weighted by Crippen LogP contribution is -2.39. The van der Waals surface area contributed by atoms with Gasteiger partial charge in [0, 0.05) is 27.9 Å². The van der Waals surface area contributed by atoms with Crippen LogP contribution in [0, 0.1) is 5.41 Å². The number of ether oxygens (including phenoxy) is 3. The fraction of sp³-hybridized carbons (Fsp3) is 0.857. The Bertz CT molecular complexity index is 513. The molecule has 6 nitrogen and oxygen atoms in total. The number of esters is 3. The van der Waals surface area contributed by atoms with Gasteiger partial charge in [0.2, 0.25) is 0 Å². The largest absolute Gasteiger partial charge is 0.465 e. The summed E-state index contributed by atoms with van der Waals surface area (Å²) < 4.78 is 16.1. The number of alkyl halides is 1. The minimum Gasteiger partial charge on any atom is -0.465 e. The van der Waals surface area contributed by atoms with Crippen LogP contribution in [0.2, 0.25) is 0 Å². The standard InChI is InChI=1S/C21H37ClO6S3/c1-4-17(22)12-16(3)31-11-8-20(25)28-15-21(5-2,13-26-18(23)6-9-29)14-27-19(24)7-10-30/h16-17,29-30H,4-15H2,1-3H3. The summed E-state index contributed by atoms with van der Waals surface area (Å²) in [5.41, 5.74) is -0.790. The molecule has 0 aromatic rings. The Balaban J connectivity index is 4.72. The van der Waals surface area contributed by atoms with E-state index in [1.807, 2.05) is 6.92 Å². The Kier molecular flexibility index (Phi) is 18.1. The molecule has 0 radical (unpaired) electrons. The van der Waals surface area contributed by atoms with Gasteiger partial charge in [-0.3, -0.25) is 14.4 Å². The van der Waals surface area contributed by atoms with Crippen molar-refractivity contribution in [3.05, 3.63) is 0 Å². The van der Waals surface area contributed by atoms with Crippen molar-refractivity contribution in [2.24, 2.45) is 5.41 Å². The van der Waals surface area contributed by atoms with Crippen molar-refractivity contribution in [1.29, 1.82) is 0 Å². The molecule has 2 unspecified atom stereocenters. The molecule has 0 spiro atoms. The molecule has 0 amide bonds. The van der Waals surface area contributed by atoms with E-state index >= 15 is 0 Å². The smallest absolute Gasteiger partial charge is 0.306 e. The van der Waals surface area contributed by atoms with Crippen LogP contribution in [0.3, 0.4) is 0 Å². The molecule has 0 aliphatic carbocycles. The topological polar surface area (TPSA) is 78.9 Å². The van der Waals surface area contributed by atoms with Crippen LogP contribution >= 0.6 is 48.6 Å². The minimum atomic E-state index is -0.790. The Morgan fingerprint density at radius 2 is 1.35 bits per heavy atom. The maximum absolute atomic E-state index is 12.2. The summed E-state index contributed by atoms with van der Waals surface area (Å²) in [6.45, 7) is 6.03. The summed E-state index contributed by atoms with van der Waals surface area (Å²) in [7, 11) is 0. The molecule has 0 fully saturated rings. The SMILES string of the molecule is CCC(Cl)CC(C)SCCC(=O)OCC(CC)(COC(=O)CCS)COC(=O)CCS.